The van der Waals surface area contributed by atoms with Crippen molar-refractivity contribution < 1.29 is 24.2 Å². The van der Waals surface area contributed by atoms with E-state index in [4.69, 9.17) is 4.74 Å². The second-order valence-electron chi connectivity index (χ2n) is 9.53. The van der Waals surface area contributed by atoms with Crippen LogP contribution in [0.2, 0.25) is 0 Å². The zero-order valence-corrected chi connectivity index (χ0v) is 20.2. The second-order valence-corrected chi connectivity index (χ2v) is 9.53. The minimum atomic E-state index is -1.03. The summed E-state index contributed by atoms with van der Waals surface area (Å²) in [5.41, 5.74) is 4.63. The molecule has 2 aliphatic rings. The van der Waals surface area contributed by atoms with E-state index in [1.165, 1.54) is 16.0 Å². The van der Waals surface area contributed by atoms with E-state index < -0.39 is 12.1 Å². The van der Waals surface area contributed by atoms with Crippen LogP contribution in [0.15, 0.2) is 48.5 Å². The van der Waals surface area contributed by atoms with Gasteiger partial charge in [0.15, 0.2) is 0 Å². The number of alkyl carbamates (subject to hydrolysis) is 1. The minimum Gasteiger partial charge on any atom is -0.480 e. The van der Waals surface area contributed by atoms with E-state index >= 15 is 0 Å². The summed E-state index contributed by atoms with van der Waals surface area (Å²) in [4.78, 5) is 38.4. The third kappa shape index (κ3) is 5.84. The quantitative estimate of drug-likeness (QED) is 0.512. The number of benzene rings is 2. The lowest BCUT2D eigenvalue weighted by Gasteiger charge is -2.27. The smallest absolute Gasteiger partial charge is 0.407 e. The summed E-state index contributed by atoms with van der Waals surface area (Å²) < 4.78 is 5.71. The molecule has 0 aromatic heterocycles. The SMILES string of the molecule is CCCN(CC(=O)O)C(=O)CC(NC(=O)OCC1c2ccccc2-c2ccccc21)C1CCCC1. The summed E-state index contributed by atoms with van der Waals surface area (Å²) in [5, 5.41) is 12.1. The van der Waals surface area contributed by atoms with Gasteiger partial charge in [0.05, 0.1) is 0 Å². The first kappa shape index (κ1) is 24.8. The van der Waals surface area contributed by atoms with E-state index in [1.807, 2.05) is 31.2 Å². The molecule has 2 amide bonds. The van der Waals surface area contributed by atoms with Crippen LogP contribution in [0.1, 0.15) is 62.5 Å². The summed E-state index contributed by atoms with van der Waals surface area (Å²) in [6.45, 7) is 2.18. The Morgan fingerprint density at radius 2 is 1.63 bits per heavy atom. The summed E-state index contributed by atoms with van der Waals surface area (Å²) in [5.74, 6) is -1.12. The van der Waals surface area contributed by atoms with Crippen LogP contribution in [-0.2, 0) is 14.3 Å². The fourth-order valence-corrected chi connectivity index (χ4v) is 5.53. The zero-order chi connectivity index (χ0) is 24.8. The van der Waals surface area contributed by atoms with Gasteiger partial charge < -0.3 is 20.1 Å². The van der Waals surface area contributed by atoms with Crippen LogP contribution in [-0.4, -0.2) is 53.7 Å². The number of hydrogen-bond acceptors (Lipinski definition) is 4. The number of ether oxygens (including phenoxy) is 1. The molecule has 1 unspecified atom stereocenters. The molecule has 0 heterocycles. The number of fused-ring (bicyclic) bond motifs is 3. The molecule has 2 N–H and O–H groups in total. The highest BCUT2D eigenvalue weighted by atomic mass is 16.5. The summed E-state index contributed by atoms with van der Waals surface area (Å²) in [6.07, 6.45) is 4.24. The predicted molar refractivity (Wildman–Crippen MR) is 133 cm³/mol. The molecule has 1 atom stereocenters. The minimum absolute atomic E-state index is 0.0321. The lowest BCUT2D eigenvalue weighted by atomic mass is 9.95. The fourth-order valence-electron chi connectivity index (χ4n) is 5.53. The van der Waals surface area contributed by atoms with Gasteiger partial charge in [0.1, 0.15) is 13.2 Å². The van der Waals surface area contributed by atoms with Gasteiger partial charge in [0.2, 0.25) is 5.91 Å². The normalized spacial score (nSPS) is 15.8. The highest BCUT2D eigenvalue weighted by Gasteiger charge is 2.32. The van der Waals surface area contributed by atoms with E-state index in [9.17, 15) is 19.5 Å². The standard InChI is InChI=1S/C28H34N2O5/c1-2-15-30(17-27(32)33)26(31)16-25(19-9-3-4-10-19)29-28(34)35-18-24-22-13-7-5-11-20(22)21-12-6-8-14-23(21)24/h5-8,11-14,19,24-25H,2-4,9-10,15-18H2,1H3,(H,29,34)(H,32,33). The van der Waals surface area contributed by atoms with Crippen LogP contribution in [0.5, 0.6) is 0 Å². The Bertz CT molecular complexity index is 1020. The van der Waals surface area contributed by atoms with Crippen LogP contribution in [0.4, 0.5) is 4.79 Å². The number of carboxylic acids is 1. The van der Waals surface area contributed by atoms with Crippen molar-refractivity contribution in [2.24, 2.45) is 5.92 Å². The molecule has 0 radical (unpaired) electrons. The first-order valence-electron chi connectivity index (χ1n) is 12.6. The summed E-state index contributed by atoms with van der Waals surface area (Å²) >= 11 is 0. The number of amides is 2. The molecule has 0 aliphatic heterocycles. The van der Waals surface area contributed by atoms with Crippen LogP contribution in [0.25, 0.3) is 11.1 Å². The second kappa shape index (κ2) is 11.4. The fraction of sp³-hybridized carbons (Fsp3) is 0.464. The van der Waals surface area contributed by atoms with E-state index in [-0.39, 0.29) is 43.4 Å². The molecule has 186 valence electrons. The topological polar surface area (TPSA) is 95.9 Å². The molecule has 0 saturated heterocycles. The van der Waals surface area contributed by atoms with Crippen LogP contribution >= 0.6 is 0 Å². The Kier molecular flexibility index (Phi) is 8.06. The van der Waals surface area contributed by atoms with Crippen LogP contribution in [0, 0.1) is 5.92 Å². The van der Waals surface area contributed by atoms with Gasteiger partial charge in [-0.15, -0.1) is 0 Å². The monoisotopic (exact) mass is 478 g/mol. The molecule has 0 bridgehead atoms. The number of aliphatic carboxylic acids is 1. The van der Waals surface area contributed by atoms with Crippen molar-refractivity contribution in [1.29, 1.82) is 0 Å². The average molecular weight is 479 g/mol. The highest BCUT2D eigenvalue weighted by molar-refractivity contribution is 5.82. The Morgan fingerprint density at radius 1 is 1.03 bits per heavy atom. The first-order chi connectivity index (χ1) is 17.0. The van der Waals surface area contributed by atoms with Crippen molar-refractivity contribution in [1.82, 2.24) is 10.2 Å². The van der Waals surface area contributed by atoms with Gasteiger partial charge in [-0.05, 0) is 47.4 Å². The van der Waals surface area contributed by atoms with Crippen molar-refractivity contribution in [2.45, 2.75) is 57.4 Å². The van der Waals surface area contributed by atoms with E-state index in [2.05, 4.69) is 29.6 Å². The lowest BCUT2D eigenvalue weighted by molar-refractivity contribution is -0.144. The summed E-state index contributed by atoms with van der Waals surface area (Å²) in [7, 11) is 0. The van der Waals surface area contributed by atoms with Crippen molar-refractivity contribution >= 4 is 18.0 Å². The third-order valence-corrected chi connectivity index (χ3v) is 7.18. The number of hydrogen-bond donors (Lipinski definition) is 2. The zero-order valence-electron chi connectivity index (χ0n) is 20.2. The van der Waals surface area contributed by atoms with E-state index in [0.29, 0.717) is 13.0 Å². The number of carbonyl (C=O) groups is 3. The van der Waals surface area contributed by atoms with Gasteiger partial charge >= 0.3 is 12.1 Å². The molecule has 4 rings (SSSR count). The number of carboxylic acid groups (broad SMARTS) is 1. The van der Waals surface area contributed by atoms with Crippen molar-refractivity contribution in [2.75, 3.05) is 19.7 Å². The molecule has 1 saturated carbocycles. The molecule has 0 spiro atoms. The summed E-state index contributed by atoms with van der Waals surface area (Å²) in [6, 6.07) is 16.0. The number of carbonyl (C=O) groups excluding carboxylic acids is 2. The van der Waals surface area contributed by atoms with Crippen LogP contribution < -0.4 is 5.32 Å². The lowest BCUT2D eigenvalue weighted by Crippen LogP contribution is -2.45. The van der Waals surface area contributed by atoms with Crippen LogP contribution in [0.3, 0.4) is 0 Å². The molecule has 1 fully saturated rings. The molecule has 2 aromatic carbocycles. The van der Waals surface area contributed by atoms with E-state index in [0.717, 1.165) is 36.8 Å². The Labute approximate surface area is 206 Å². The van der Waals surface area contributed by atoms with Gasteiger partial charge in [-0.1, -0.05) is 68.3 Å². The molecule has 7 heteroatoms. The molecule has 35 heavy (non-hydrogen) atoms. The maximum Gasteiger partial charge on any atom is 0.407 e. The van der Waals surface area contributed by atoms with Gasteiger partial charge in [-0.25, -0.2) is 4.79 Å². The predicted octanol–water partition coefficient (Wildman–Crippen LogP) is 4.80. The number of rotatable bonds is 10. The Hall–Kier alpha value is -3.35. The number of nitrogens with zero attached hydrogens (tertiary/aromatic N) is 1. The van der Waals surface area contributed by atoms with Gasteiger partial charge in [0, 0.05) is 24.9 Å². The molecular weight excluding hydrogens is 444 g/mol. The first-order valence-corrected chi connectivity index (χ1v) is 12.6. The van der Waals surface area contributed by atoms with Gasteiger partial charge in [0.25, 0.3) is 0 Å². The molecular formula is C28H34N2O5. The Balaban J connectivity index is 1.41. The molecule has 2 aliphatic carbocycles. The maximum absolute atomic E-state index is 12.9. The van der Waals surface area contributed by atoms with Crippen molar-refractivity contribution in [3.05, 3.63) is 59.7 Å². The van der Waals surface area contributed by atoms with E-state index in [1.54, 1.807) is 0 Å². The highest BCUT2D eigenvalue weighted by Crippen LogP contribution is 2.44. The average Bonchev–Trinajstić information content (AvgIpc) is 3.49. The maximum atomic E-state index is 12.9. The largest absolute Gasteiger partial charge is 0.480 e. The van der Waals surface area contributed by atoms with Crippen molar-refractivity contribution in [3.63, 3.8) is 0 Å². The van der Waals surface area contributed by atoms with Gasteiger partial charge in [-0.3, -0.25) is 9.59 Å². The Morgan fingerprint density at radius 3 is 2.20 bits per heavy atom. The van der Waals surface area contributed by atoms with Gasteiger partial charge in [-0.2, -0.15) is 0 Å². The van der Waals surface area contributed by atoms with Crippen molar-refractivity contribution in [3.8, 4) is 11.1 Å². The third-order valence-electron chi connectivity index (χ3n) is 7.18. The number of nitrogens with one attached hydrogen (secondary N) is 1. The molecule has 7 nitrogen and oxygen atoms in total. The molecule has 2 aromatic rings.